The monoisotopic (exact) mass is 267 g/mol. The van der Waals surface area contributed by atoms with Crippen molar-refractivity contribution in [3.63, 3.8) is 0 Å². The summed E-state index contributed by atoms with van der Waals surface area (Å²) in [5.74, 6) is 0.264. The minimum Gasteiger partial charge on any atom is -0.380 e. The average Bonchev–Trinajstić information content (AvgIpc) is 2.85. The lowest BCUT2D eigenvalue weighted by atomic mass is 10.1. The number of nitrogens with two attached hydrogens (primary N) is 2. The predicted molar refractivity (Wildman–Crippen MR) is 80.9 cm³/mol. The van der Waals surface area contributed by atoms with E-state index in [4.69, 9.17) is 11.5 Å². The molecular weight excluding hydrogens is 254 g/mol. The molecule has 7 nitrogen and oxygen atoms in total. The van der Waals surface area contributed by atoms with Gasteiger partial charge < -0.3 is 11.5 Å². The Morgan fingerprint density at radius 3 is 2.95 bits per heavy atom. The minimum atomic E-state index is 0.240. The third-order valence-electron chi connectivity index (χ3n) is 2.96. The molecule has 0 saturated heterocycles. The summed E-state index contributed by atoms with van der Waals surface area (Å²) in [6.07, 6.45) is 3.53. The van der Waals surface area contributed by atoms with Crippen molar-refractivity contribution in [1.82, 2.24) is 4.98 Å². The summed E-state index contributed by atoms with van der Waals surface area (Å²) in [5.41, 5.74) is 16.2. The number of nitrogens with one attached hydrogen (secondary N) is 1. The van der Waals surface area contributed by atoms with Gasteiger partial charge in [0.2, 0.25) is 0 Å². The lowest BCUT2D eigenvalue weighted by Gasteiger charge is -2.06. The summed E-state index contributed by atoms with van der Waals surface area (Å²) >= 11 is 0. The maximum Gasteiger partial charge on any atom is 0.175 e. The molecule has 3 rings (SSSR count). The Morgan fingerprint density at radius 1 is 1.20 bits per heavy atom. The van der Waals surface area contributed by atoms with E-state index < -0.39 is 0 Å². The van der Waals surface area contributed by atoms with Crippen LogP contribution in [-0.4, -0.2) is 28.8 Å². The van der Waals surface area contributed by atoms with Crippen molar-refractivity contribution in [3.05, 3.63) is 36.7 Å². The fraction of sp³-hybridized carbons (Fsp3) is 0.0769. The van der Waals surface area contributed by atoms with E-state index in [0.29, 0.717) is 11.4 Å². The number of fused-ring (bicyclic) bond motifs is 1. The second-order valence-electron chi connectivity index (χ2n) is 4.21. The van der Waals surface area contributed by atoms with Gasteiger partial charge in [-0.3, -0.25) is 10.4 Å². The van der Waals surface area contributed by atoms with E-state index in [1.807, 2.05) is 24.3 Å². The van der Waals surface area contributed by atoms with Crippen molar-refractivity contribution in [3.8, 4) is 0 Å². The number of anilines is 1. The third kappa shape index (κ3) is 2.10. The average molecular weight is 267 g/mol. The lowest BCUT2D eigenvalue weighted by molar-refractivity contribution is 1.22. The number of rotatable bonds is 3. The first-order chi connectivity index (χ1) is 9.79. The highest BCUT2D eigenvalue weighted by Gasteiger charge is 2.18. The Balaban J connectivity index is 1.95. The van der Waals surface area contributed by atoms with Crippen LogP contribution in [0.4, 0.5) is 5.69 Å². The molecule has 0 atom stereocenters. The minimum absolute atomic E-state index is 0.240. The third-order valence-corrected chi connectivity index (χ3v) is 2.96. The normalized spacial score (nSPS) is 16.4. The van der Waals surface area contributed by atoms with E-state index >= 15 is 0 Å². The van der Waals surface area contributed by atoms with Crippen LogP contribution < -0.4 is 16.9 Å². The van der Waals surface area contributed by atoms with Crippen LogP contribution in [0.15, 0.2) is 52.0 Å². The van der Waals surface area contributed by atoms with Crippen molar-refractivity contribution in [2.75, 3.05) is 12.0 Å². The number of nitrogens with zero attached hydrogens (tertiary/aromatic N) is 4. The molecule has 5 N–H and O–H groups in total. The molecule has 1 aromatic heterocycles. The van der Waals surface area contributed by atoms with E-state index in [-0.39, 0.29) is 12.4 Å². The van der Waals surface area contributed by atoms with E-state index in [1.54, 1.807) is 12.4 Å². The van der Waals surface area contributed by atoms with Crippen LogP contribution >= 0.6 is 0 Å². The Kier molecular flexibility index (Phi) is 3.10. The Bertz CT molecular complexity index is 740. The Labute approximate surface area is 115 Å². The van der Waals surface area contributed by atoms with Crippen LogP contribution in [0.2, 0.25) is 0 Å². The molecule has 0 spiro atoms. The van der Waals surface area contributed by atoms with Gasteiger partial charge in [-0.05, 0) is 12.1 Å². The first kappa shape index (κ1) is 12.2. The molecule has 1 aromatic carbocycles. The molecule has 0 radical (unpaired) electrons. The number of hydrogen-bond donors (Lipinski definition) is 3. The zero-order chi connectivity index (χ0) is 13.9. The van der Waals surface area contributed by atoms with Gasteiger partial charge in [-0.25, -0.2) is 0 Å². The molecule has 2 aromatic rings. The topological polar surface area (TPSA) is 114 Å². The number of benzene rings is 1. The SMILES string of the molecule is NCC1=NN=C(N)/C1=N/Nc1cccc2cnccc12. The molecular formula is C13H13N7. The van der Waals surface area contributed by atoms with Crippen LogP contribution in [-0.2, 0) is 0 Å². The van der Waals surface area contributed by atoms with Gasteiger partial charge in [-0.1, -0.05) is 12.1 Å². The van der Waals surface area contributed by atoms with E-state index in [9.17, 15) is 0 Å². The molecule has 100 valence electrons. The number of hydrogen-bond acceptors (Lipinski definition) is 7. The lowest BCUT2D eigenvalue weighted by Crippen LogP contribution is -2.32. The standard InChI is InChI=1S/C13H13N7/c14-6-11-12(13(15)20-18-11)19-17-10-3-1-2-8-7-16-5-4-9(8)10/h1-5,7,17H,6,14H2,(H2,15,19,20). The molecule has 0 bridgehead atoms. The first-order valence-electron chi connectivity index (χ1n) is 6.07. The van der Waals surface area contributed by atoms with Crippen molar-refractivity contribution >= 4 is 33.7 Å². The van der Waals surface area contributed by atoms with Crippen molar-refractivity contribution in [2.24, 2.45) is 26.8 Å². The predicted octanol–water partition coefficient (Wildman–Crippen LogP) is 0.688. The summed E-state index contributed by atoms with van der Waals surface area (Å²) in [5, 5.41) is 13.9. The highest BCUT2D eigenvalue weighted by molar-refractivity contribution is 6.69. The van der Waals surface area contributed by atoms with Gasteiger partial charge in [-0.15, -0.1) is 10.2 Å². The zero-order valence-corrected chi connectivity index (χ0v) is 10.6. The van der Waals surface area contributed by atoms with E-state index in [1.165, 1.54) is 0 Å². The fourth-order valence-electron chi connectivity index (χ4n) is 1.95. The Morgan fingerprint density at radius 2 is 2.10 bits per heavy atom. The van der Waals surface area contributed by atoms with Crippen molar-refractivity contribution in [1.29, 1.82) is 0 Å². The van der Waals surface area contributed by atoms with Crippen LogP contribution in [0, 0.1) is 0 Å². The summed E-state index contributed by atoms with van der Waals surface area (Å²) in [7, 11) is 0. The van der Waals surface area contributed by atoms with Crippen LogP contribution in [0.1, 0.15) is 0 Å². The van der Waals surface area contributed by atoms with Gasteiger partial charge in [0.05, 0.1) is 5.69 Å². The number of aromatic nitrogens is 1. The highest BCUT2D eigenvalue weighted by Crippen LogP contribution is 2.22. The van der Waals surface area contributed by atoms with Gasteiger partial charge >= 0.3 is 0 Å². The number of amidine groups is 1. The fourth-order valence-corrected chi connectivity index (χ4v) is 1.95. The second-order valence-corrected chi connectivity index (χ2v) is 4.21. The first-order valence-corrected chi connectivity index (χ1v) is 6.07. The van der Waals surface area contributed by atoms with Gasteiger partial charge in [-0.2, -0.15) is 5.10 Å². The summed E-state index contributed by atoms with van der Waals surface area (Å²) in [6, 6.07) is 7.76. The molecule has 0 aliphatic carbocycles. The van der Waals surface area contributed by atoms with Crippen molar-refractivity contribution in [2.45, 2.75) is 0 Å². The maximum atomic E-state index is 5.72. The quantitative estimate of drug-likeness (QED) is 0.710. The molecule has 1 aliphatic rings. The van der Waals surface area contributed by atoms with Gasteiger partial charge in [0.1, 0.15) is 5.71 Å². The largest absolute Gasteiger partial charge is 0.380 e. The zero-order valence-electron chi connectivity index (χ0n) is 10.6. The molecule has 0 saturated carbocycles. The van der Waals surface area contributed by atoms with Gasteiger partial charge in [0.25, 0.3) is 0 Å². The van der Waals surface area contributed by atoms with E-state index in [2.05, 4.69) is 25.7 Å². The van der Waals surface area contributed by atoms with Crippen LogP contribution in [0.25, 0.3) is 10.8 Å². The summed E-state index contributed by atoms with van der Waals surface area (Å²) < 4.78 is 0. The van der Waals surface area contributed by atoms with Crippen LogP contribution in [0.5, 0.6) is 0 Å². The summed E-state index contributed by atoms with van der Waals surface area (Å²) in [6.45, 7) is 0.240. The van der Waals surface area contributed by atoms with E-state index in [0.717, 1.165) is 16.5 Å². The smallest absolute Gasteiger partial charge is 0.175 e. The maximum absolute atomic E-state index is 5.72. The van der Waals surface area contributed by atoms with Gasteiger partial charge in [0.15, 0.2) is 11.5 Å². The Hall–Kier alpha value is -2.80. The van der Waals surface area contributed by atoms with Crippen LogP contribution in [0.3, 0.4) is 0 Å². The molecule has 0 fully saturated rings. The molecule has 1 aliphatic heterocycles. The molecule has 0 unspecified atom stereocenters. The second kappa shape index (κ2) is 5.06. The number of pyridine rings is 1. The highest BCUT2D eigenvalue weighted by atomic mass is 15.3. The molecule has 7 heteroatoms. The molecule has 20 heavy (non-hydrogen) atoms. The molecule has 0 amide bonds. The number of hydrazone groups is 1. The van der Waals surface area contributed by atoms with Gasteiger partial charge in [0, 0.05) is 29.7 Å². The molecule has 2 heterocycles. The summed E-state index contributed by atoms with van der Waals surface area (Å²) in [4.78, 5) is 4.09. The van der Waals surface area contributed by atoms with Crippen molar-refractivity contribution < 1.29 is 0 Å².